The van der Waals surface area contributed by atoms with E-state index < -0.39 is 0 Å². The molecule has 1 heterocycles. The monoisotopic (exact) mass is 244 g/mol. The van der Waals surface area contributed by atoms with E-state index >= 15 is 0 Å². The van der Waals surface area contributed by atoms with Crippen molar-refractivity contribution in [3.05, 3.63) is 36.5 Å². The summed E-state index contributed by atoms with van der Waals surface area (Å²) in [4.78, 5) is 4.35. The molecule has 2 aromatic rings. The van der Waals surface area contributed by atoms with Gasteiger partial charge in [0.25, 0.3) is 0 Å². The fourth-order valence-corrected chi connectivity index (χ4v) is 2.13. The molecule has 0 spiro atoms. The van der Waals surface area contributed by atoms with Crippen LogP contribution in [0.25, 0.3) is 10.9 Å². The van der Waals surface area contributed by atoms with Gasteiger partial charge in [0.15, 0.2) is 0 Å². The minimum atomic E-state index is 0.207. The number of anilines is 1. The number of aliphatic hydroxyl groups is 1. The highest BCUT2D eigenvalue weighted by molar-refractivity contribution is 5.90. The molecular formula is C15H20N2O. The lowest BCUT2D eigenvalue weighted by molar-refractivity contribution is 0.267. The molecule has 1 aromatic carbocycles. The number of aromatic nitrogens is 1. The number of fused-ring (bicyclic) bond motifs is 1. The van der Waals surface area contributed by atoms with E-state index in [0.717, 1.165) is 23.0 Å². The highest BCUT2D eigenvalue weighted by atomic mass is 16.3. The summed E-state index contributed by atoms with van der Waals surface area (Å²) in [5.74, 6) is 0.476. The Labute approximate surface area is 108 Å². The average Bonchev–Trinajstić information content (AvgIpc) is 2.38. The molecular weight excluding hydrogens is 224 g/mol. The van der Waals surface area contributed by atoms with Crippen LogP contribution in [-0.2, 0) is 0 Å². The maximum absolute atomic E-state index is 9.12. The molecule has 1 unspecified atom stereocenters. The summed E-state index contributed by atoms with van der Waals surface area (Å²) in [5.41, 5.74) is 2.08. The molecule has 0 aliphatic heterocycles. The Balaban J connectivity index is 2.30. The summed E-state index contributed by atoms with van der Waals surface area (Å²) in [5, 5.41) is 13.8. The van der Waals surface area contributed by atoms with Crippen molar-refractivity contribution >= 4 is 16.6 Å². The Morgan fingerprint density at radius 2 is 2.00 bits per heavy atom. The number of para-hydroxylation sites is 1. The highest BCUT2D eigenvalue weighted by Gasteiger charge is 2.13. The van der Waals surface area contributed by atoms with Gasteiger partial charge in [-0.2, -0.15) is 0 Å². The lowest BCUT2D eigenvalue weighted by atomic mass is 10.0. The first-order valence-electron chi connectivity index (χ1n) is 6.43. The molecule has 0 aliphatic carbocycles. The molecule has 1 aromatic heterocycles. The Morgan fingerprint density at radius 3 is 2.72 bits per heavy atom. The van der Waals surface area contributed by atoms with Crippen LogP contribution in [0.1, 0.15) is 20.3 Å². The molecule has 3 nitrogen and oxygen atoms in total. The maximum Gasteiger partial charge on any atom is 0.0722 e. The van der Waals surface area contributed by atoms with Crippen molar-refractivity contribution in [3.8, 4) is 0 Å². The number of rotatable bonds is 5. The minimum Gasteiger partial charge on any atom is -0.396 e. The third-order valence-corrected chi connectivity index (χ3v) is 3.23. The number of aliphatic hydroxyl groups excluding tert-OH is 1. The zero-order chi connectivity index (χ0) is 13.0. The summed E-state index contributed by atoms with van der Waals surface area (Å²) >= 11 is 0. The van der Waals surface area contributed by atoms with Crippen molar-refractivity contribution in [2.24, 2.45) is 5.92 Å². The van der Waals surface area contributed by atoms with Crippen molar-refractivity contribution in [1.29, 1.82) is 0 Å². The first-order chi connectivity index (χ1) is 8.72. The van der Waals surface area contributed by atoms with Crippen LogP contribution in [0.4, 0.5) is 5.69 Å². The molecule has 1 atom stereocenters. The van der Waals surface area contributed by atoms with E-state index in [9.17, 15) is 0 Å². The summed E-state index contributed by atoms with van der Waals surface area (Å²) in [6.07, 6.45) is 2.58. The molecule has 2 N–H and O–H groups in total. The van der Waals surface area contributed by atoms with Crippen LogP contribution in [0.2, 0.25) is 0 Å². The molecule has 0 fully saturated rings. The van der Waals surface area contributed by atoms with Gasteiger partial charge in [-0.15, -0.1) is 0 Å². The van der Waals surface area contributed by atoms with Crippen LogP contribution in [-0.4, -0.2) is 22.7 Å². The second-order valence-corrected chi connectivity index (χ2v) is 4.88. The van der Waals surface area contributed by atoms with E-state index in [1.54, 1.807) is 0 Å². The minimum absolute atomic E-state index is 0.207. The largest absolute Gasteiger partial charge is 0.396 e. The van der Waals surface area contributed by atoms with E-state index in [-0.39, 0.29) is 12.6 Å². The van der Waals surface area contributed by atoms with E-state index in [1.807, 2.05) is 30.5 Å². The number of hydrogen-bond acceptors (Lipinski definition) is 3. The molecule has 0 radical (unpaired) electrons. The lowest BCUT2D eigenvalue weighted by Crippen LogP contribution is -2.26. The van der Waals surface area contributed by atoms with Gasteiger partial charge in [0, 0.05) is 29.9 Å². The van der Waals surface area contributed by atoms with Crippen molar-refractivity contribution in [1.82, 2.24) is 4.98 Å². The normalized spacial score (nSPS) is 12.9. The van der Waals surface area contributed by atoms with Crippen LogP contribution in [0, 0.1) is 5.92 Å². The van der Waals surface area contributed by atoms with Gasteiger partial charge in [0.05, 0.1) is 5.52 Å². The number of nitrogens with one attached hydrogen (secondary N) is 1. The van der Waals surface area contributed by atoms with Crippen LogP contribution < -0.4 is 5.32 Å². The van der Waals surface area contributed by atoms with Crippen molar-refractivity contribution < 1.29 is 5.11 Å². The van der Waals surface area contributed by atoms with Crippen molar-refractivity contribution in [2.75, 3.05) is 11.9 Å². The smallest absolute Gasteiger partial charge is 0.0722 e. The molecule has 0 saturated carbocycles. The predicted molar refractivity (Wildman–Crippen MR) is 75.7 cm³/mol. The summed E-state index contributed by atoms with van der Waals surface area (Å²) < 4.78 is 0. The second-order valence-electron chi connectivity index (χ2n) is 4.88. The number of nitrogens with zero attached hydrogens (tertiary/aromatic N) is 1. The maximum atomic E-state index is 9.12. The molecule has 0 bridgehead atoms. The molecule has 18 heavy (non-hydrogen) atoms. The Kier molecular flexibility index (Phi) is 4.15. The number of pyridine rings is 1. The third kappa shape index (κ3) is 2.79. The van der Waals surface area contributed by atoms with Gasteiger partial charge in [-0.3, -0.25) is 4.98 Å². The Hall–Kier alpha value is -1.61. The van der Waals surface area contributed by atoms with Crippen LogP contribution in [0.3, 0.4) is 0 Å². The molecule has 96 valence electrons. The van der Waals surface area contributed by atoms with Gasteiger partial charge >= 0.3 is 0 Å². The molecule has 0 amide bonds. The first kappa shape index (κ1) is 12.8. The fourth-order valence-electron chi connectivity index (χ4n) is 2.13. The van der Waals surface area contributed by atoms with Crippen molar-refractivity contribution in [3.63, 3.8) is 0 Å². The van der Waals surface area contributed by atoms with Crippen molar-refractivity contribution in [2.45, 2.75) is 26.3 Å². The standard InChI is InChI=1S/C15H20N2O/c1-11(2)13(8-10-18)17-15-7-9-16-14-6-4-3-5-12(14)15/h3-7,9,11,13,18H,8,10H2,1-2H3,(H,16,17). The van der Waals surface area contributed by atoms with E-state index in [0.29, 0.717) is 5.92 Å². The molecule has 2 rings (SSSR count). The Bertz CT molecular complexity index is 505. The zero-order valence-electron chi connectivity index (χ0n) is 10.9. The van der Waals surface area contributed by atoms with Gasteiger partial charge in [-0.25, -0.2) is 0 Å². The summed E-state index contributed by atoms with van der Waals surface area (Å²) in [7, 11) is 0. The van der Waals surface area contributed by atoms with E-state index in [4.69, 9.17) is 5.11 Å². The van der Waals surface area contributed by atoms with Gasteiger partial charge in [-0.05, 0) is 24.5 Å². The highest BCUT2D eigenvalue weighted by Crippen LogP contribution is 2.23. The molecule has 3 heteroatoms. The number of benzene rings is 1. The molecule has 0 saturated heterocycles. The van der Waals surface area contributed by atoms with Gasteiger partial charge in [0.2, 0.25) is 0 Å². The number of hydrogen-bond donors (Lipinski definition) is 2. The van der Waals surface area contributed by atoms with Crippen LogP contribution >= 0.6 is 0 Å². The zero-order valence-corrected chi connectivity index (χ0v) is 10.9. The lowest BCUT2D eigenvalue weighted by Gasteiger charge is -2.23. The van der Waals surface area contributed by atoms with Crippen LogP contribution in [0.15, 0.2) is 36.5 Å². The van der Waals surface area contributed by atoms with Gasteiger partial charge < -0.3 is 10.4 Å². The van der Waals surface area contributed by atoms with Gasteiger partial charge in [-0.1, -0.05) is 32.0 Å². The fraction of sp³-hybridized carbons (Fsp3) is 0.400. The Morgan fingerprint density at radius 1 is 1.22 bits per heavy atom. The summed E-state index contributed by atoms with van der Waals surface area (Å²) in [6.45, 7) is 4.53. The summed E-state index contributed by atoms with van der Waals surface area (Å²) in [6, 6.07) is 10.4. The van der Waals surface area contributed by atoms with E-state index in [1.165, 1.54) is 0 Å². The van der Waals surface area contributed by atoms with Crippen LogP contribution in [0.5, 0.6) is 0 Å². The van der Waals surface area contributed by atoms with Gasteiger partial charge in [0.1, 0.15) is 0 Å². The average molecular weight is 244 g/mol. The first-order valence-corrected chi connectivity index (χ1v) is 6.43. The second kappa shape index (κ2) is 5.83. The predicted octanol–water partition coefficient (Wildman–Crippen LogP) is 3.05. The third-order valence-electron chi connectivity index (χ3n) is 3.23. The quantitative estimate of drug-likeness (QED) is 0.849. The SMILES string of the molecule is CC(C)C(CCO)Nc1ccnc2ccccc12. The van der Waals surface area contributed by atoms with E-state index in [2.05, 4.69) is 30.2 Å². The topological polar surface area (TPSA) is 45.1 Å². The molecule has 0 aliphatic rings.